The van der Waals surface area contributed by atoms with Crippen LogP contribution in [0, 0.1) is 0 Å². The lowest BCUT2D eigenvalue weighted by molar-refractivity contribution is -0.277. The Bertz CT molecular complexity index is 984. The molecule has 2 aromatic carbocycles. The zero-order valence-corrected chi connectivity index (χ0v) is 14.9. The number of carbonyl (C=O) groups is 2. The molecule has 5 unspecified atom stereocenters. The Morgan fingerprint density at radius 2 is 1.45 bits per heavy atom. The first kappa shape index (κ1) is 19.5. The van der Waals surface area contributed by atoms with Crippen molar-refractivity contribution in [1.29, 1.82) is 0 Å². The quantitative estimate of drug-likeness (QED) is 0.384. The van der Waals surface area contributed by atoms with Gasteiger partial charge < -0.3 is 35.0 Å². The number of hydrogen-bond donors (Lipinski definition) is 5. The van der Waals surface area contributed by atoms with Crippen LogP contribution >= 0.6 is 0 Å². The number of carbonyl (C=O) groups excluding carboxylic acids is 2. The fourth-order valence-corrected chi connectivity index (χ4v) is 3.49. The van der Waals surface area contributed by atoms with Gasteiger partial charge in [0.25, 0.3) is 0 Å². The second-order valence-corrected chi connectivity index (χ2v) is 6.91. The van der Waals surface area contributed by atoms with Crippen LogP contribution in [-0.4, -0.2) is 74.4 Å². The number of aromatic hydroxyl groups is 1. The molecule has 9 nitrogen and oxygen atoms in total. The Labute approximate surface area is 164 Å². The van der Waals surface area contributed by atoms with Crippen molar-refractivity contribution in [2.24, 2.45) is 0 Å². The lowest BCUT2D eigenvalue weighted by Crippen LogP contribution is -2.60. The van der Waals surface area contributed by atoms with Crippen LogP contribution in [0.1, 0.15) is 31.8 Å². The molecule has 2 aliphatic rings. The normalized spacial score (nSPS) is 28.6. The lowest BCUT2D eigenvalue weighted by atomic mass is 9.84. The van der Waals surface area contributed by atoms with Gasteiger partial charge in [0.2, 0.25) is 6.29 Å². The first-order chi connectivity index (χ1) is 13.8. The Hall–Kier alpha value is -2.82. The first-order valence-corrected chi connectivity index (χ1v) is 8.85. The van der Waals surface area contributed by atoms with Crippen molar-refractivity contribution in [3.8, 4) is 11.5 Å². The number of benzene rings is 2. The van der Waals surface area contributed by atoms with Crippen LogP contribution < -0.4 is 4.74 Å². The smallest absolute Gasteiger partial charge is 0.229 e. The third-order valence-corrected chi connectivity index (χ3v) is 5.07. The van der Waals surface area contributed by atoms with Gasteiger partial charge in [0, 0.05) is 22.3 Å². The number of hydrogen-bond acceptors (Lipinski definition) is 9. The number of aliphatic hydroxyl groups is 4. The van der Waals surface area contributed by atoms with Gasteiger partial charge in [-0.3, -0.25) is 9.59 Å². The number of phenolic OH excluding ortho intramolecular Hbond substituents is 1. The van der Waals surface area contributed by atoms with E-state index >= 15 is 0 Å². The highest BCUT2D eigenvalue weighted by molar-refractivity contribution is 6.28. The average molecular weight is 402 g/mol. The summed E-state index contributed by atoms with van der Waals surface area (Å²) >= 11 is 0. The number of rotatable bonds is 3. The first-order valence-electron chi connectivity index (χ1n) is 8.85. The van der Waals surface area contributed by atoms with E-state index in [1.807, 2.05) is 0 Å². The van der Waals surface area contributed by atoms with E-state index in [0.29, 0.717) is 0 Å². The monoisotopic (exact) mass is 402 g/mol. The molecule has 5 atom stereocenters. The molecule has 0 radical (unpaired) electrons. The van der Waals surface area contributed by atoms with Crippen molar-refractivity contribution in [3.05, 3.63) is 58.7 Å². The van der Waals surface area contributed by atoms with Crippen molar-refractivity contribution < 1.29 is 44.6 Å². The van der Waals surface area contributed by atoms with Crippen LogP contribution in [0.25, 0.3) is 0 Å². The topological polar surface area (TPSA) is 154 Å². The van der Waals surface area contributed by atoms with Crippen molar-refractivity contribution in [3.63, 3.8) is 0 Å². The zero-order chi connectivity index (χ0) is 20.9. The SMILES string of the molecule is O=C1c2ccc(OC3OC(CO)C(O)C(O)C3O)cc2C(=O)c2ccc(O)cc21. The summed E-state index contributed by atoms with van der Waals surface area (Å²) in [5.74, 6) is -0.911. The maximum atomic E-state index is 12.8. The number of phenols is 1. The highest BCUT2D eigenvalue weighted by Crippen LogP contribution is 2.32. The van der Waals surface area contributed by atoms with Gasteiger partial charge in [-0.05, 0) is 36.4 Å². The summed E-state index contributed by atoms with van der Waals surface area (Å²) in [4.78, 5) is 25.5. The van der Waals surface area contributed by atoms with Crippen molar-refractivity contribution in [2.45, 2.75) is 30.7 Å². The van der Waals surface area contributed by atoms with E-state index in [1.54, 1.807) is 0 Å². The fraction of sp³-hybridized carbons (Fsp3) is 0.300. The summed E-state index contributed by atoms with van der Waals surface area (Å²) in [6.07, 6.45) is -7.29. The van der Waals surface area contributed by atoms with Gasteiger partial charge in [0.15, 0.2) is 11.6 Å². The molecule has 1 heterocycles. The minimum absolute atomic E-state index is 0.0790. The van der Waals surface area contributed by atoms with E-state index < -0.39 is 48.9 Å². The number of fused-ring (bicyclic) bond motifs is 2. The molecule has 0 amide bonds. The van der Waals surface area contributed by atoms with Crippen LogP contribution in [0.2, 0.25) is 0 Å². The molecule has 29 heavy (non-hydrogen) atoms. The van der Waals surface area contributed by atoms with Crippen molar-refractivity contribution in [2.75, 3.05) is 6.61 Å². The van der Waals surface area contributed by atoms with Gasteiger partial charge in [-0.15, -0.1) is 0 Å². The van der Waals surface area contributed by atoms with E-state index in [1.165, 1.54) is 36.4 Å². The molecule has 1 aliphatic heterocycles. The van der Waals surface area contributed by atoms with E-state index in [-0.39, 0.29) is 33.8 Å². The Kier molecular flexibility index (Phi) is 4.85. The summed E-state index contributed by atoms with van der Waals surface area (Å²) in [6, 6.07) is 7.98. The number of ketones is 2. The molecule has 0 saturated carbocycles. The number of aliphatic hydroxyl groups excluding tert-OH is 4. The molecule has 1 aliphatic carbocycles. The molecule has 0 spiro atoms. The highest BCUT2D eigenvalue weighted by atomic mass is 16.7. The predicted molar refractivity (Wildman–Crippen MR) is 95.8 cm³/mol. The van der Waals surface area contributed by atoms with Crippen LogP contribution in [0.15, 0.2) is 36.4 Å². The molecule has 4 rings (SSSR count). The minimum Gasteiger partial charge on any atom is -0.508 e. The molecule has 1 saturated heterocycles. The third-order valence-electron chi connectivity index (χ3n) is 5.07. The summed E-state index contributed by atoms with van der Waals surface area (Å²) < 4.78 is 10.8. The second kappa shape index (κ2) is 7.21. The Balaban J connectivity index is 1.64. The van der Waals surface area contributed by atoms with E-state index in [4.69, 9.17) is 9.47 Å². The zero-order valence-electron chi connectivity index (χ0n) is 14.9. The van der Waals surface area contributed by atoms with Gasteiger partial charge >= 0.3 is 0 Å². The average Bonchev–Trinajstić information content (AvgIpc) is 2.72. The van der Waals surface area contributed by atoms with Crippen LogP contribution in [0.3, 0.4) is 0 Å². The number of ether oxygens (including phenoxy) is 2. The molecule has 2 aromatic rings. The van der Waals surface area contributed by atoms with Gasteiger partial charge in [-0.2, -0.15) is 0 Å². The van der Waals surface area contributed by atoms with Crippen LogP contribution in [0.5, 0.6) is 11.5 Å². The van der Waals surface area contributed by atoms with Gasteiger partial charge in [-0.25, -0.2) is 0 Å². The van der Waals surface area contributed by atoms with E-state index in [9.17, 15) is 35.1 Å². The highest BCUT2D eigenvalue weighted by Gasteiger charge is 2.44. The van der Waals surface area contributed by atoms with Crippen molar-refractivity contribution in [1.82, 2.24) is 0 Å². The standard InChI is InChI=1S/C20H18O9/c21-7-14-17(25)18(26)19(27)20(29-14)28-9-2-4-11-13(6-9)16(24)10-3-1-8(22)5-12(10)15(11)23/h1-6,14,17-22,25-27H,7H2. The van der Waals surface area contributed by atoms with Crippen molar-refractivity contribution >= 4 is 11.6 Å². The van der Waals surface area contributed by atoms with Crippen LogP contribution in [0.4, 0.5) is 0 Å². The van der Waals surface area contributed by atoms with E-state index in [2.05, 4.69) is 0 Å². The molecular formula is C20H18O9. The third kappa shape index (κ3) is 3.18. The molecule has 0 aromatic heterocycles. The minimum atomic E-state index is -1.61. The molecule has 1 fully saturated rings. The fourth-order valence-electron chi connectivity index (χ4n) is 3.49. The summed E-state index contributed by atoms with van der Waals surface area (Å²) in [7, 11) is 0. The lowest BCUT2D eigenvalue weighted by Gasteiger charge is -2.39. The predicted octanol–water partition coefficient (Wildman–Crippen LogP) is -0.654. The summed E-state index contributed by atoms with van der Waals surface area (Å²) in [6.45, 7) is -0.606. The molecule has 9 heteroatoms. The van der Waals surface area contributed by atoms with E-state index in [0.717, 1.165) is 0 Å². The van der Waals surface area contributed by atoms with Gasteiger partial charge in [0.1, 0.15) is 35.9 Å². The maximum Gasteiger partial charge on any atom is 0.229 e. The van der Waals surface area contributed by atoms with Gasteiger partial charge in [-0.1, -0.05) is 0 Å². The van der Waals surface area contributed by atoms with Crippen LogP contribution in [-0.2, 0) is 4.74 Å². The Morgan fingerprint density at radius 3 is 2.10 bits per heavy atom. The van der Waals surface area contributed by atoms with Gasteiger partial charge in [0.05, 0.1) is 6.61 Å². The maximum absolute atomic E-state index is 12.8. The summed E-state index contributed by atoms with van der Waals surface area (Å²) in [5, 5.41) is 48.6. The Morgan fingerprint density at radius 1 is 0.828 bits per heavy atom. The molecule has 0 bridgehead atoms. The molecular weight excluding hydrogens is 384 g/mol. The second-order valence-electron chi connectivity index (χ2n) is 6.91. The summed E-state index contributed by atoms with van der Waals surface area (Å²) in [5.41, 5.74) is 0.458. The largest absolute Gasteiger partial charge is 0.508 e. The molecule has 5 N–H and O–H groups in total. The molecule has 152 valence electrons.